The summed E-state index contributed by atoms with van der Waals surface area (Å²) in [5, 5.41) is 0. The third kappa shape index (κ3) is 2.58. The smallest absolute Gasteiger partial charge is 0.0181 e. The summed E-state index contributed by atoms with van der Waals surface area (Å²) in [6.45, 7) is 2.19. The number of aryl methyl sites for hydroxylation is 1. The number of hydrogen-bond donors (Lipinski definition) is 0. The Morgan fingerprint density at radius 3 is 2.64 bits per heavy atom. The zero-order valence-electron chi connectivity index (χ0n) is 7.13. The standard InChI is InChI=1S/C10H14S/c1-3-9-5-4-6-10(7-9)8-11-2/h4-7H,3,8H2,1-2H3. The molecule has 60 valence electrons. The first-order valence-electron chi connectivity index (χ1n) is 3.93. The highest BCUT2D eigenvalue weighted by Crippen LogP contribution is 2.11. The van der Waals surface area contributed by atoms with E-state index in [-0.39, 0.29) is 0 Å². The maximum absolute atomic E-state index is 2.29. The van der Waals surface area contributed by atoms with E-state index in [2.05, 4.69) is 37.4 Å². The van der Waals surface area contributed by atoms with Crippen LogP contribution in [0.5, 0.6) is 0 Å². The van der Waals surface area contributed by atoms with Crippen LogP contribution >= 0.6 is 11.8 Å². The Morgan fingerprint density at radius 1 is 1.27 bits per heavy atom. The van der Waals surface area contributed by atoms with Gasteiger partial charge in [0.05, 0.1) is 0 Å². The van der Waals surface area contributed by atoms with Crippen LogP contribution < -0.4 is 0 Å². The van der Waals surface area contributed by atoms with E-state index >= 15 is 0 Å². The molecule has 0 N–H and O–H groups in total. The van der Waals surface area contributed by atoms with Gasteiger partial charge in [-0.15, -0.1) is 0 Å². The topological polar surface area (TPSA) is 0 Å². The molecule has 0 nitrogen and oxygen atoms in total. The van der Waals surface area contributed by atoms with E-state index < -0.39 is 0 Å². The molecule has 0 atom stereocenters. The van der Waals surface area contributed by atoms with Crippen LogP contribution in [0.2, 0.25) is 0 Å². The molecule has 1 aromatic rings. The fraction of sp³-hybridized carbons (Fsp3) is 0.400. The molecule has 0 aliphatic carbocycles. The summed E-state index contributed by atoms with van der Waals surface area (Å²) < 4.78 is 0. The first kappa shape index (κ1) is 8.66. The zero-order valence-corrected chi connectivity index (χ0v) is 7.95. The van der Waals surface area contributed by atoms with Crippen LogP contribution in [0.3, 0.4) is 0 Å². The monoisotopic (exact) mass is 166 g/mol. The lowest BCUT2D eigenvalue weighted by molar-refractivity contribution is 1.13. The number of thioether (sulfide) groups is 1. The van der Waals surface area contributed by atoms with Gasteiger partial charge >= 0.3 is 0 Å². The summed E-state index contributed by atoms with van der Waals surface area (Å²) >= 11 is 1.87. The van der Waals surface area contributed by atoms with Gasteiger partial charge in [0.15, 0.2) is 0 Å². The van der Waals surface area contributed by atoms with E-state index in [0.717, 1.165) is 12.2 Å². The SMILES string of the molecule is CCc1cccc(CSC)c1. The highest BCUT2D eigenvalue weighted by Gasteiger charge is 1.91. The van der Waals surface area contributed by atoms with Gasteiger partial charge in [-0.1, -0.05) is 31.2 Å². The molecule has 1 heteroatoms. The molecule has 0 unspecified atom stereocenters. The van der Waals surface area contributed by atoms with E-state index in [0.29, 0.717) is 0 Å². The predicted molar refractivity (Wildman–Crippen MR) is 53.0 cm³/mol. The molecule has 0 aromatic heterocycles. The lowest BCUT2D eigenvalue weighted by atomic mass is 10.1. The van der Waals surface area contributed by atoms with Crippen molar-refractivity contribution < 1.29 is 0 Å². The molecule has 0 saturated carbocycles. The first-order valence-corrected chi connectivity index (χ1v) is 5.33. The van der Waals surface area contributed by atoms with Crippen molar-refractivity contribution in [3.63, 3.8) is 0 Å². The summed E-state index contributed by atoms with van der Waals surface area (Å²) in [6, 6.07) is 8.81. The van der Waals surface area contributed by atoms with E-state index in [1.165, 1.54) is 11.1 Å². The predicted octanol–water partition coefficient (Wildman–Crippen LogP) is 3.11. The van der Waals surface area contributed by atoms with Crippen LogP contribution in [0, 0.1) is 0 Å². The maximum Gasteiger partial charge on any atom is 0.0181 e. The quantitative estimate of drug-likeness (QED) is 0.665. The lowest BCUT2D eigenvalue weighted by Crippen LogP contribution is -1.83. The molecule has 0 radical (unpaired) electrons. The Hall–Kier alpha value is -0.430. The number of benzene rings is 1. The van der Waals surface area contributed by atoms with Crippen molar-refractivity contribution >= 4 is 11.8 Å². The third-order valence-corrected chi connectivity index (χ3v) is 2.33. The normalized spacial score (nSPS) is 10.0. The van der Waals surface area contributed by atoms with Gasteiger partial charge in [-0.2, -0.15) is 11.8 Å². The second-order valence-electron chi connectivity index (χ2n) is 2.61. The van der Waals surface area contributed by atoms with E-state index in [9.17, 15) is 0 Å². The minimum absolute atomic E-state index is 1.13. The number of hydrogen-bond acceptors (Lipinski definition) is 1. The molecule has 0 spiro atoms. The van der Waals surface area contributed by atoms with Crippen LogP contribution in [-0.4, -0.2) is 6.26 Å². The van der Waals surface area contributed by atoms with Crippen LogP contribution in [0.25, 0.3) is 0 Å². The lowest BCUT2D eigenvalue weighted by Gasteiger charge is -2.00. The van der Waals surface area contributed by atoms with Crippen molar-refractivity contribution in [3.05, 3.63) is 35.4 Å². The minimum Gasteiger partial charge on any atom is -0.161 e. The van der Waals surface area contributed by atoms with Gasteiger partial charge in [-0.05, 0) is 23.8 Å². The molecular formula is C10H14S. The fourth-order valence-electron chi connectivity index (χ4n) is 1.11. The Kier molecular flexibility index (Phi) is 3.50. The van der Waals surface area contributed by atoms with Crippen LogP contribution in [0.1, 0.15) is 18.1 Å². The van der Waals surface area contributed by atoms with Crippen molar-refractivity contribution in [2.24, 2.45) is 0 Å². The van der Waals surface area contributed by atoms with Crippen molar-refractivity contribution in [2.45, 2.75) is 19.1 Å². The highest BCUT2D eigenvalue weighted by atomic mass is 32.2. The molecule has 0 aliphatic rings. The Bertz CT molecular complexity index is 218. The number of rotatable bonds is 3. The van der Waals surface area contributed by atoms with Gasteiger partial charge < -0.3 is 0 Å². The van der Waals surface area contributed by atoms with E-state index in [4.69, 9.17) is 0 Å². The first-order chi connectivity index (χ1) is 5.36. The molecule has 0 fully saturated rings. The zero-order chi connectivity index (χ0) is 8.10. The van der Waals surface area contributed by atoms with Crippen molar-refractivity contribution in [2.75, 3.05) is 6.26 Å². The van der Waals surface area contributed by atoms with Crippen LogP contribution in [0.15, 0.2) is 24.3 Å². The Morgan fingerprint density at radius 2 is 2.00 bits per heavy atom. The molecular weight excluding hydrogens is 152 g/mol. The van der Waals surface area contributed by atoms with Crippen molar-refractivity contribution in [3.8, 4) is 0 Å². The average Bonchev–Trinajstić information content (AvgIpc) is 2.06. The van der Waals surface area contributed by atoms with Gasteiger partial charge in [-0.3, -0.25) is 0 Å². The average molecular weight is 166 g/mol. The molecule has 0 heterocycles. The second-order valence-corrected chi connectivity index (χ2v) is 3.47. The molecule has 0 amide bonds. The Labute approximate surface area is 73.0 Å². The third-order valence-electron chi connectivity index (χ3n) is 1.71. The van der Waals surface area contributed by atoms with Gasteiger partial charge in [0.1, 0.15) is 0 Å². The molecule has 0 saturated heterocycles. The summed E-state index contributed by atoms with van der Waals surface area (Å²) in [4.78, 5) is 0. The van der Waals surface area contributed by atoms with E-state index in [1.807, 2.05) is 11.8 Å². The minimum atomic E-state index is 1.13. The van der Waals surface area contributed by atoms with Gasteiger partial charge in [-0.25, -0.2) is 0 Å². The molecule has 0 bridgehead atoms. The van der Waals surface area contributed by atoms with Gasteiger partial charge in [0.25, 0.3) is 0 Å². The summed E-state index contributed by atoms with van der Waals surface area (Å²) in [5.41, 5.74) is 2.88. The largest absolute Gasteiger partial charge is 0.161 e. The molecule has 11 heavy (non-hydrogen) atoms. The molecule has 1 rings (SSSR count). The maximum atomic E-state index is 2.29. The van der Waals surface area contributed by atoms with Crippen LogP contribution in [-0.2, 0) is 12.2 Å². The van der Waals surface area contributed by atoms with Crippen molar-refractivity contribution in [1.82, 2.24) is 0 Å². The molecule has 1 aromatic carbocycles. The summed E-state index contributed by atoms with van der Waals surface area (Å²) in [5.74, 6) is 1.13. The molecule has 0 aliphatic heterocycles. The van der Waals surface area contributed by atoms with Crippen LogP contribution in [0.4, 0.5) is 0 Å². The fourth-order valence-corrected chi connectivity index (χ4v) is 1.62. The van der Waals surface area contributed by atoms with Crippen molar-refractivity contribution in [1.29, 1.82) is 0 Å². The Balaban J connectivity index is 2.74. The van der Waals surface area contributed by atoms with E-state index in [1.54, 1.807) is 0 Å². The summed E-state index contributed by atoms with van der Waals surface area (Å²) in [6.07, 6.45) is 3.28. The van der Waals surface area contributed by atoms with Gasteiger partial charge in [0.2, 0.25) is 0 Å². The van der Waals surface area contributed by atoms with Gasteiger partial charge in [0, 0.05) is 5.75 Å². The summed E-state index contributed by atoms with van der Waals surface area (Å²) in [7, 11) is 0. The second kappa shape index (κ2) is 4.45. The highest BCUT2D eigenvalue weighted by molar-refractivity contribution is 7.97.